The Balaban J connectivity index is 1.82. The van der Waals surface area contributed by atoms with Gasteiger partial charge in [0.25, 0.3) is 11.8 Å². The number of hydrogen-bond acceptors (Lipinski definition) is 6. The molecule has 1 saturated heterocycles. The van der Waals surface area contributed by atoms with Crippen LogP contribution in [0.25, 0.3) is 17.2 Å². The maximum absolute atomic E-state index is 12.9. The molecule has 0 radical (unpaired) electrons. The first-order valence-electron chi connectivity index (χ1n) is 7.45. The molecule has 0 aromatic carbocycles. The molecule has 1 aliphatic heterocycles. The van der Waals surface area contributed by atoms with Crippen molar-refractivity contribution in [1.82, 2.24) is 24.7 Å². The lowest BCUT2D eigenvalue weighted by Gasteiger charge is -2.09. The summed E-state index contributed by atoms with van der Waals surface area (Å²) in [5.41, 5.74) is -0.114. The molecule has 0 N–H and O–H groups in total. The molecule has 0 saturated carbocycles. The quantitative estimate of drug-likeness (QED) is 0.715. The van der Waals surface area contributed by atoms with Gasteiger partial charge in [0.15, 0.2) is 11.3 Å². The fraction of sp³-hybridized carbons (Fsp3) is 0.429. The summed E-state index contributed by atoms with van der Waals surface area (Å²) in [5, 5.41) is 7.52. The van der Waals surface area contributed by atoms with Crippen LogP contribution in [0.3, 0.4) is 0 Å². The highest BCUT2D eigenvalue weighted by Crippen LogP contribution is 2.30. The molecule has 10 heteroatoms. The average Bonchev–Trinajstić information content (AvgIpc) is 3.24. The molecule has 1 fully saturated rings. The van der Waals surface area contributed by atoms with Gasteiger partial charge in [0.2, 0.25) is 0 Å². The Bertz CT molecular complexity index is 894. The first kappa shape index (κ1) is 14.9. The minimum atomic E-state index is -4.55. The predicted octanol–water partition coefficient (Wildman–Crippen LogP) is 2.71. The van der Waals surface area contributed by atoms with Crippen LogP contribution < -0.4 is 4.90 Å². The molecule has 3 aromatic heterocycles. The van der Waals surface area contributed by atoms with E-state index in [1.165, 1.54) is 0 Å². The summed E-state index contributed by atoms with van der Waals surface area (Å²) in [7, 11) is 0. The average molecular weight is 338 g/mol. The van der Waals surface area contributed by atoms with Crippen molar-refractivity contribution in [2.24, 2.45) is 0 Å². The number of anilines is 1. The SMILES string of the molecule is Cc1cc(-c2nc(N3CCCC3)no2)n2nc(C(F)(F)F)cc2n1. The number of alkyl halides is 3. The number of fused-ring (bicyclic) bond motifs is 1. The number of aromatic nitrogens is 5. The van der Waals surface area contributed by atoms with Gasteiger partial charge in [0.1, 0.15) is 5.69 Å². The van der Waals surface area contributed by atoms with E-state index in [9.17, 15) is 13.2 Å². The van der Waals surface area contributed by atoms with E-state index < -0.39 is 11.9 Å². The zero-order chi connectivity index (χ0) is 16.9. The lowest BCUT2D eigenvalue weighted by Crippen LogP contribution is -2.18. The molecule has 7 nitrogen and oxygen atoms in total. The molecule has 126 valence electrons. The fourth-order valence-electron chi connectivity index (χ4n) is 2.76. The van der Waals surface area contributed by atoms with Gasteiger partial charge < -0.3 is 9.42 Å². The molecule has 0 amide bonds. The summed E-state index contributed by atoms with van der Waals surface area (Å²) in [4.78, 5) is 10.4. The second kappa shape index (κ2) is 5.18. The number of rotatable bonds is 2. The number of halogens is 3. The lowest BCUT2D eigenvalue weighted by atomic mass is 10.3. The van der Waals surface area contributed by atoms with E-state index in [-0.39, 0.29) is 17.2 Å². The van der Waals surface area contributed by atoms with Crippen molar-refractivity contribution in [1.29, 1.82) is 0 Å². The van der Waals surface area contributed by atoms with E-state index in [4.69, 9.17) is 4.52 Å². The molecule has 4 heterocycles. The normalized spacial score (nSPS) is 15.6. The lowest BCUT2D eigenvalue weighted by molar-refractivity contribution is -0.141. The summed E-state index contributed by atoms with van der Waals surface area (Å²) in [5.74, 6) is 0.553. The van der Waals surface area contributed by atoms with Crippen LogP contribution in [0.2, 0.25) is 0 Å². The van der Waals surface area contributed by atoms with Crippen molar-refractivity contribution < 1.29 is 17.7 Å². The molecular formula is C14H13F3N6O. The molecule has 3 aromatic rings. The maximum Gasteiger partial charge on any atom is 0.435 e. The third-order valence-corrected chi connectivity index (χ3v) is 3.87. The van der Waals surface area contributed by atoms with Gasteiger partial charge in [-0.05, 0) is 31.0 Å². The highest BCUT2D eigenvalue weighted by atomic mass is 19.4. The van der Waals surface area contributed by atoms with Crippen molar-refractivity contribution in [2.75, 3.05) is 18.0 Å². The van der Waals surface area contributed by atoms with Crippen LogP contribution in [-0.2, 0) is 6.18 Å². The first-order valence-corrected chi connectivity index (χ1v) is 7.45. The van der Waals surface area contributed by atoms with Gasteiger partial charge in [0.05, 0.1) is 0 Å². The highest BCUT2D eigenvalue weighted by molar-refractivity contribution is 5.56. The first-order chi connectivity index (χ1) is 11.4. The van der Waals surface area contributed by atoms with Crippen LogP contribution in [-0.4, -0.2) is 37.8 Å². The molecule has 24 heavy (non-hydrogen) atoms. The van der Waals surface area contributed by atoms with E-state index in [0.717, 1.165) is 36.5 Å². The molecule has 0 aliphatic carbocycles. The van der Waals surface area contributed by atoms with Crippen LogP contribution in [0.4, 0.5) is 19.1 Å². The molecule has 0 bridgehead atoms. The van der Waals surface area contributed by atoms with Gasteiger partial charge in [-0.3, -0.25) is 0 Å². The zero-order valence-corrected chi connectivity index (χ0v) is 12.7. The number of hydrogen-bond donors (Lipinski definition) is 0. The Kier molecular flexibility index (Phi) is 3.22. The van der Waals surface area contributed by atoms with E-state index in [1.54, 1.807) is 13.0 Å². The molecule has 0 unspecified atom stereocenters. The van der Waals surface area contributed by atoms with Crippen LogP contribution in [0.15, 0.2) is 16.7 Å². The Morgan fingerprint density at radius 3 is 2.58 bits per heavy atom. The van der Waals surface area contributed by atoms with Crippen molar-refractivity contribution >= 4 is 11.6 Å². The number of nitrogens with zero attached hydrogens (tertiary/aromatic N) is 6. The monoisotopic (exact) mass is 338 g/mol. The molecule has 1 aliphatic rings. The van der Waals surface area contributed by atoms with Gasteiger partial charge in [-0.25, -0.2) is 9.50 Å². The summed E-state index contributed by atoms with van der Waals surface area (Å²) in [6.07, 6.45) is -2.44. The minimum Gasteiger partial charge on any atom is -0.338 e. The van der Waals surface area contributed by atoms with Crippen molar-refractivity contribution in [3.63, 3.8) is 0 Å². The van der Waals surface area contributed by atoms with E-state index >= 15 is 0 Å². The zero-order valence-electron chi connectivity index (χ0n) is 12.7. The van der Waals surface area contributed by atoms with E-state index in [0.29, 0.717) is 11.6 Å². The predicted molar refractivity (Wildman–Crippen MR) is 77.5 cm³/mol. The summed E-state index contributed by atoms with van der Waals surface area (Å²) >= 11 is 0. The Labute approximate surface area is 134 Å². The Morgan fingerprint density at radius 2 is 1.88 bits per heavy atom. The van der Waals surface area contributed by atoms with E-state index in [1.807, 2.05) is 4.90 Å². The smallest absolute Gasteiger partial charge is 0.338 e. The van der Waals surface area contributed by atoms with E-state index in [2.05, 4.69) is 20.2 Å². The van der Waals surface area contributed by atoms with Crippen LogP contribution in [0.5, 0.6) is 0 Å². The Morgan fingerprint density at radius 1 is 1.12 bits per heavy atom. The van der Waals surface area contributed by atoms with Gasteiger partial charge in [-0.2, -0.15) is 23.3 Å². The summed E-state index contributed by atoms with van der Waals surface area (Å²) in [6, 6.07) is 2.47. The van der Waals surface area contributed by atoms with Gasteiger partial charge in [-0.1, -0.05) is 0 Å². The third-order valence-electron chi connectivity index (χ3n) is 3.87. The van der Waals surface area contributed by atoms with Gasteiger partial charge in [0, 0.05) is 24.8 Å². The Hall–Kier alpha value is -2.65. The molecule has 0 spiro atoms. The topological polar surface area (TPSA) is 72.4 Å². The summed E-state index contributed by atoms with van der Waals surface area (Å²) in [6.45, 7) is 3.36. The maximum atomic E-state index is 12.9. The largest absolute Gasteiger partial charge is 0.435 e. The van der Waals surface area contributed by atoms with Crippen molar-refractivity contribution in [3.8, 4) is 11.6 Å². The van der Waals surface area contributed by atoms with Crippen LogP contribution >= 0.6 is 0 Å². The summed E-state index contributed by atoms with van der Waals surface area (Å²) < 4.78 is 45.1. The van der Waals surface area contributed by atoms with Crippen LogP contribution in [0.1, 0.15) is 24.2 Å². The standard InChI is InChI=1S/C14H13F3N6O/c1-8-6-9(12-19-13(21-24-12)22-4-2-3-5-22)23-11(18-8)7-10(20-23)14(15,16)17/h6-7H,2-5H2,1H3. The van der Waals surface area contributed by atoms with Crippen LogP contribution in [0, 0.1) is 6.92 Å². The molecule has 0 atom stereocenters. The third kappa shape index (κ3) is 2.47. The fourth-order valence-corrected chi connectivity index (χ4v) is 2.76. The minimum absolute atomic E-state index is 0.0817. The van der Waals surface area contributed by atoms with Gasteiger partial charge >= 0.3 is 6.18 Å². The molecular weight excluding hydrogens is 325 g/mol. The second-order valence-electron chi connectivity index (χ2n) is 5.67. The van der Waals surface area contributed by atoms with Crippen molar-refractivity contribution in [2.45, 2.75) is 25.9 Å². The van der Waals surface area contributed by atoms with Gasteiger partial charge in [-0.15, -0.1) is 0 Å². The second-order valence-corrected chi connectivity index (χ2v) is 5.67. The highest BCUT2D eigenvalue weighted by Gasteiger charge is 2.35. The van der Waals surface area contributed by atoms with Crippen molar-refractivity contribution in [3.05, 3.63) is 23.5 Å². The molecule has 4 rings (SSSR count). The number of aryl methyl sites for hydroxylation is 1.